The van der Waals surface area contributed by atoms with Crippen LogP contribution in [0.3, 0.4) is 0 Å². The lowest BCUT2D eigenvalue weighted by Gasteiger charge is -2.09. The molecule has 21 heavy (non-hydrogen) atoms. The van der Waals surface area contributed by atoms with Crippen LogP contribution in [0.15, 0.2) is 53.6 Å². The largest absolute Gasteiger partial charge is 0.355 e. The van der Waals surface area contributed by atoms with Crippen LogP contribution >= 0.6 is 11.8 Å². The van der Waals surface area contributed by atoms with Crippen LogP contribution in [-0.2, 0) is 17.6 Å². The van der Waals surface area contributed by atoms with Crippen molar-refractivity contribution in [2.45, 2.75) is 29.4 Å². The van der Waals surface area contributed by atoms with E-state index >= 15 is 0 Å². The lowest BCUT2D eigenvalue weighted by Crippen LogP contribution is -2.33. The SMILES string of the molecule is O=C(NCCCc1ccccn1)[C@H]1Cc2ccccc2S1. The van der Waals surface area contributed by atoms with Gasteiger partial charge in [0.1, 0.15) is 0 Å². The van der Waals surface area contributed by atoms with E-state index in [0.717, 1.165) is 25.0 Å². The summed E-state index contributed by atoms with van der Waals surface area (Å²) in [5.74, 6) is 0.150. The first kappa shape index (κ1) is 14.1. The van der Waals surface area contributed by atoms with Crippen LogP contribution in [0, 0.1) is 0 Å². The number of aryl methyl sites for hydroxylation is 1. The average molecular weight is 298 g/mol. The molecular weight excluding hydrogens is 280 g/mol. The lowest BCUT2D eigenvalue weighted by atomic mass is 10.1. The zero-order chi connectivity index (χ0) is 14.5. The zero-order valence-corrected chi connectivity index (χ0v) is 12.6. The molecule has 108 valence electrons. The number of fused-ring (bicyclic) bond motifs is 1. The van der Waals surface area contributed by atoms with Gasteiger partial charge in [-0.05, 0) is 43.0 Å². The maximum Gasteiger partial charge on any atom is 0.233 e. The van der Waals surface area contributed by atoms with E-state index in [1.54, 1.807) is 18.0 Å². The van der Waals surface area contributed by atoms with Gasteiger partial charge in [-0.25, -0.2) is 0 Å². The first-order valence-electron chi connectivity index (χ1n) is 7.25. The van der Waals surface area contributed by atoms with Crippen molar-refractivity contribution in [1.82, 2.24) is 10.3 Å². The fourth-order valence-electron chi connectivity index (χ4n) is 2.47. The van der Waals surface area contributed by atoms with Crippen LogP contribution in [0.25, 0.3) is 0 Å². The van der Waals surface area contributed by atoms with Gasteiger partial charge in [-0.15, -0.1) is 11.8 Å². The smallest absolute Gasteiger partial charge is 0.233 e. The Morgan fingerprint density at radius 2 is 2.10 bits per heavy atom. The summed E-state index contributed by atoms with van der Waals surface area (Å²) >= 11 is 1.67. The second-order valence-corrected chi connectivity index (χ2v) is 6.38. The normalized spacial score (nSPS) is 16.5. The molecule has 0 spiro atoms. The maximum absolute atomic E-state index is 12.2. The van der Waals surface area contributed by atoms with E-state index in [1.165, 1.54) is 10.5 Å². The summed E-state index contributed by atoms with van der Waals surface area (Å²) in [6.07, 6.45) is 4.47. The van der Waals surface area contributed by atoms with Crippen LogP contribution in [0.5, 0.6) is 0 Å². The molecule has 0 saturated carbocycles. The monoisotopic (exact) mass is 298 g/mol. The number of benzene rings is 1. The molecule has 1 N–H and O–H groups in total. The van der Waals surface area contributed by atoms with Gasteiger partial charge in [-0.2, -0.15) is 0 Å². The maximum atomic E-state index is 12.2. The quantitative estimate of drug-likeness (QED) is 0.863. The number of hydrogen-bond acceptors (Lipinski definition) is 3. The van der Waals surface area contributed by atoms with Gasteiger partial charge in [-0.1, -0.05) is 24.3 Å². The minimum absolute atomic E-state index is 0.0252. The molecule has 2 heterocycles. The summed E-state index contributed by atoms with van der Waals surface area (Å²) in [6.45, 7) is 0.711. The van der Waals surface area contributed by atoms with Gasteiger partial charge in [0.05, 0.1) is 5.25 Å². The molecule has 1 amide bonds. The van der Waals surface area contributed by atoms with E-state index in [4.69, 9.17) is 0 Å². The highest BCUT2D eigenvalue weighted by atomic mass is 32.2. The standard InChI is InChI=1S/C17H18N2OS/c20-17(16-12-13-6-1-2-9-15(13)21-16)19-11-5-8-14-7-3-4-10-18-14/h1-4,6-7,9-10,16H,5,8,11-12H2,(H,19,20)/t16-/m1/s1. The topological polar surface area (TPSA) is 42.0 Å². The molecule has 1 aliphatic heterocycles. The molecule has 0 fully saturated rings. The number of aromatic nitrogens is 1. The molecule has 1 aromatic carbocycles. The highest BCUT2D eigenvalue weighted by Crippen LogP contribution is 2.36. The molecule has 0 radical (unpaired) electrons. The number of rotatable bonds is 5. The summed E-state index contributed by atoms with van der Waals surface area (Å²) in [5, 5.41) is 3.07. The average Bonchev–Trinajstić information content (AvgIpc) is 2.96. The van der Waals surface area contributed by atoms with Crippen molar-refractivity contribution in [1.29, 1.82) is 0 Å². The molecular formula is C17H18N2OS. The predicted molar refractivity (Wildman–Crippen MR) is 85.4 cm³/mol. The molecule has 1 atom stereocenters. The summed E-state index contributed by atoms with van der Waals surface area (Å²) in [6, 6.07) is 14.2. The van der Waals surface area contributed by atoms with Crippen LogP contribution in [-0.4, -0.2) is 22.7 Å². The predicted octanol–water partition coefficient (Wildman–Crippen LogP) is 2.85. The molecule has 2 aromatic rings. The molecule has 1 aromatic heterocycles. The van der Waals surface area contributed by atoms with Crippen LogP contribution in [0.4, 0.5) is 0 Å². The second-order valence-electron chi connectivity index (χ2n) is 5.13. The Kier molecular flexibility index (Phi) is 4.55. The van der Waals surface area contributed by atoms with Crippen molar-refractivity contribution in [3.8, 4) is 0 Å². The summed E-state index contributed by atoms with van der Waals surface area (Å²) in [5.41, 5.74) is 2.37. The van der Waals surface area contributed by atoms with Gasteiger partial charge < -0.3 is 5.32 Å². The van der Waals surface area contributed by atoms with Crippen molar-refractivity contribution in [3.05, 3.63) is 59.9 Å². The summed E-state index contributed by atoms with van der Waals surface area (Å²) in [4.78, 5) is 17.7. The first-order chi connectivity index (χ1) is 10.3. The number of carbonyl (C=O) groups is 1. The van der Waals surface area contributed by atoms with E-state index in [0.29, 0.717) is 6.54 Å². The van der Waals surface area contributed by atoms with Gasteiger partial charge >= 0.3 is 0 Å². The van der Waals surface area contributed by atoms with Gasteiger partial charge in [0.15, 0.2) is 0 Å². The van der Waals surface area contributed by atoms with Crippen LogP contribution in [0.1, 0.15) is 17.7 Å². The molecule has 3 nitrogen and oxygen atoms in total. The Bertz CT molecular complexity index is 590. The first-order valence-corrected chi connectivity index (χ1v) is 8.13. The van der Waals surface area contributed by atoms with Crippen LogP contribution < -0.4 is 5.32 Å². The van der Waals surface area contributed by atoms with Crippen molar-refractivity contribution in [2.24, 2.45) is 0 Å². The Morgan fingerprint density at radius 3 is 2.90 bits per heavy atom. The molecule has 0 aliphatic carbocycles. The van der Waals surface area contributed by atoms with E-state index < -0.39 is 0 Å². The Morgan fingerprint density at radius 1 is 1.24 bits per heavy atom. The van der Waals surface area contributed by atoms with Gasteiger partial charge in [0.2, 0.25) is 5.91 Å². The Balaban J connectivity index is 1.42. The van der Waals surface area contributed by atoms with Crippen molar-refractivity contribution < 1.29 is 4.79 Å². The lowest BCUT2D eigenvalue weighted by molar-refractivity contribution is -0.120. The third kappa shape index (κ3) is 3.64. The number of nitrogens with one attached hydrogen (secondary N) is 1. The molecule has 1 aliphatic rings. The van der Waals surface area contributed by atoms with E-state index in [9.17, 15) is 4.79 Å². The van der Waals surface area contributed by atoms with Crippen LogP contribution in [0.2, 0.25) is 0 Å². The third-order valence-electron chi connectivity index (χ3n) is 3.57. The zero-order valence-electron chi connectivity index (χ0n) is 11.8. The van der Waals surface area contributed by atoms with Gasteiger partial charge in [0, 0.05) is 23.3 Å². The number of amides is 1. The van der Waals surface area contributed by atoms with Gasteiger partial charge in [-0.3, -0.25) is 9.78 Å². The molecule has 0 saturated heterocycles. The fourth-order valence-corrected chi connectivity index (χ4v) is 3.69. The number of hydrogen-bond donors (Lipinski definition) is 1. The number of nitrogens with zero attached hydrogens (tertiary/aromatic N) is 1. The molecule has 0 unspecified atom stereocenters. The summed E-state index contributed by atoms with van der Waals surface area (Å²) < 4.78 is 0. The van der Waals surface area contributed by atoms with Crippen molar-refractivity contribution in [3.63, 3.8) is 0 Å². The van der Waals surface area contributed by atoms with E-state index in [1.807, 2.05) is 30.3 Å². The van der Waals surface area contributed by atoms with Crippen molar-refractivity contribution >= 4 is 17.7 Å². The van der Waals surface area contributed by atoms with E-state index in [2.05, 4.69) is 22.4 Å². The van der Waals surface area contributed by atoms with Crippen molar-refractivity contribution in [2.75, 3.05) is 6.54 Å². The molecule has 4 heteroatoms. The Labute approximate surface area is 129 Å². The number of carbonyl (C=O) groups excluding carboxylic acids is 1. The minimum atomic E-state index is 0.0252. The highest BCUT2D eigenvalue weighted by Gasteiger charge is 2.27. The van der Waals surface area contributed by atoms with Gasteiger partial charge in [0.25, 0.3) is 0 Å². The van der Waals surface area contributed by atoms with E-state index in [-0.39, 0.29) is 11.2 Å². The second kappa shape index (κ2) is 6.76. The fraction of sp³-hybridized carbons (Fsp3) is 0.294. The third-order valence-corrected chi connectivity index (χ3v) is 4.89. The molecule has 0 bridgehead atoms. The minimum Gasteiger partial charge on any atom is -0.355 e. The number of thioether (sulfide) groups is 1. The highest BCUT2D eigenvalue weighted by molar-refractivity contribution is 8.01. The number of pyridine rings is 1. The summed E-state index contributed by atoms with van der Waals surface area (Å²) in [7, 11) is 0. The molecule has 3 rings (SSSR count). The Hall–Kier alpha value is -1.81.